The molecule has 2 aromatic carbocycles. The van der Waals surface area contributed by atoms with Crippen LogP contribution in [0.2, 0.25) is 0 Å². The number of nitrogens with one attached hydrogen (secondary N) is 1. The molecule has 1 N–H and O–H groups in total. The molecule has 0 bridgehead atoms. The van der Waals surface area contributed by atoms with Gasteiger partial charge in [-0.2, -0.15) is 5.10 Å². The highest BCUT2D eigenvalue weighted by atomic mass is 127. The van der Waals surface area contributed by atoms with Gasteiger partial charge in [-0.1, -0.05) is 42.5 Å². The van der Waals surface area contributed by atoms with Crippen LogP contribution in [0.4, 0.5) is 0 Å². The molecular weight excluding hydrogens is 323 g/mol. The zero-order valence-corrected chi connectivity index (χ0v) is 11.3. The average Bonchev–Trinajstić information content (AvgIpc) is 2.74. The van der Waals surface area contributed by atoms with Crippen molar-refractivity contribution in [1.29, 1.82) is 0 Å². The normalized spacial score (nSPS) is 10.9. The largest absolute Gasteiger partial charge is 0.271 e. The molecule has 3 heteroatoms. The van der Waals surface area contributed by atoms with Crippen molar-refractivity contribution in [3.05, 3.63) is 63.4 Å². The first-order valence-electron chi connectivity index (χ1n) is 5.50. The van der Waals surface area contributed by atoms with Crippen molar-refractivity contribution < 1.29 is 0 Å². The number of hydrogen-bond donors (Lipinski definition) is 1. The summed E-state index contributed by atoms with van der Waals surface area (Å²) in [5.41, 5.74) is 3.70. The van der Waals surface area contributed by atoms with E-state index in [1.807, 2.05) is 12.1 Å². The number of rotatable bonds is 2. The quantitative estimate of drug-likeness (QED) is 0.711. The fourth-order valence-electron chi connectivity index (χ4n) is 2.06. The molecule has 84 valence electrons. The minimum absolute atomic E-state index is 0.952. The molecule has 0 fully saturated rings. The molecule has 0 amide bonds. The first-order valence-corrected chi connectivity index (χ1v) is 6.58. The second-order valence-corrected chi connectivity index (χ2v) is 5.09. The van der Waals surface area contributed by atoms with Gasteiger partial charge in [0.05, 0.1) is 5.52 Å². The number of halogens is 1. The van der Waals surface area contributed by atoms with Crippen molar-refractivity contribution in [2.75, 3.05) is 0 Å². The molecule has 0 aliphatic rings. The van der Waals surface area contributed by atoms with Gasteiger partial charge in [0, 0.05) is 5.39 Å². The van der Waals surface area contributed by atoms with Crippen LogP contribution in [0.1, 0.15) is 11.1 Å². The lowest BCUT2D eigenvalue weighted by atomic mass is 10.0. The predicted molar refractivity (Wildman–Crippen MR) is 78.1 cm³/mol. The van der Waals surface area contributed by atoms with Crippen LogP contribution in [0.3, 0.4) is 0 Å². The number of nitrogens with zero attached hydrogens (tertiary/aromatic N) is 1. The molecular formula is C14H11IN2. The molecule has 17 heavy (non-hydrogen) atoms. The van der Waals surface area contributed by atoms with Gasteiger partial charge in [0.2, 0.25) is 0 Å². The van der Waals surface area contributed by atoms with Crippen LogP contribution in [-0.2, 0) is 6.42 Å². The molecule has 0 unspecified atom stereocenters. The zero-order valence-electron chi connectivity index (χ0n) is 9.15. The van der Waals surface area contributed by atoms with E-state index in [1.54, 1.807) is 0 Å². The number of benzene rings is 2. The van der Waals surface area contributed by atoms with Crippen molar-refractivity contribution >= 4 is 33.5 Å². The lowest BCUT2D eigenvalue weighted by Crippen LogP contribution is -1.89. The van der Waals surface area contributed by atoms with Gasteiger partial charge in [0.15, 0.2) is 0 Å². The van der Waals surface area contributed by atoms with Crippen molar-refractivity contribution in [3.8, 4) is 0 Å². The molecule has 1 aromatic heterocycles. The molecule has 0 spiro atoms. The molecule has 3 rings (SSSR count). The third-order valence-corrected chi connectivity index (χ3v) is 3.64. The van der Waals surface area contributed by atoms with Crippen LogP contribution in [0.15, 0.2) is 48.5 Å². The maximum absolute atomic E-state index is 4.29. The Hall–Kier alpha value is -1.36. The lowest BCUT2D eigenvalue weighted by Gasteiger charge is -2.03. The Labute approximate surface area is 113 Å². The maximum Gasteiger partial charge on any atom is 0.104 e. The van der Waals surface area contributed by atoms with Crippen LogP contribution in [0.5, 0.6) is 0 Å². The molecule has 0 aliphatic heterocycles. The third kappa shape index (κ3) is 2.07. The van der Waals surface area contributed by atoms with E-state index in [1.165, 1.54) is 16.5 Å². The van der Waals surface area contributed by atoms with E-state index in [9.17, 15) is 0 Å². The van der Waals surface area contributed by atoms with E-state index in [-0.39, 0.29) is 0 Å². The molecule has 2 nitrogen and oxygen atoms in total. The minimum atomic E-state index is 0.952. The summed E-state index contributed by atoms with van der Waals surface area (Å²) in [5, 5.41) is 8.57. The molecule has 3 aromatic rings. The highest BCUT2D eigenvalue weighted by molar-refractivity contribution is 14.1. The zero-order chi connectivity index (χ0) is 11.7. The molecule has 0 aliphatic carbocycles. The number of H-pyrrole nitrogens is 1. The first kappa shape index (κ1) is 10.8. The number of aromatic nitrogens is 2. The van der Waals surface area contributed by atoms with Gasteiger partial charge < -0.3 is 0 Å². The van der Waals surface area contributed by atoms with Gasteiger partial charge in [-0.15, -0.1) is 0 Å². The minimum Gasteiger partial charge on any atom is -0.271 e. The van der Waals surface area contributed by atoms with Crippen LogP contribution < -0.4 is 0 Å². The maximum atomic E-state index is 4.29. The Morgan fingerprint density at radius 3 is 2.65 bits per heavy atom. The summed E-state index contributed by atoms with van der Waals surface area (Å²) in [6.07, 6.45) is 0.952. The molecule has 0 atom stereocenters. The standard InChI is InChI=1S/C14H11IN2/c15-14-13-11(7-4-8-12(13)16-17-14)9-10-5-2-1-3-6-10/h1-8H,9H2,(H,16,17). The Bertz CT molecular complexity index is 644. The van der Waals surface area contributed by atoms with Crippen LogP contribution >= 0.6 is 22.6 Å². The Morgan fingerprint density at radius 2 is 1.82 bits per heavy atom. The van der Waals surface area contributed by atoms with E-state index < -0.39 is 0 Å². The van der Waals surface area contributed by atoms with Gasteiger partial charge in [0.25, 0.3) is 0 Å². The van der Waals surface area contributed by atoms with Crippen LogP contribution in [-0.4, -0.2) is 10.2 Å². The smallest absolute Gasteiger partial charge is 0.104 e. The number of hydrogen-bond acceptors (Lipinski definition) is 1. The van der Waals surface area contributed by atoms with Crippen LogP contribution in [0.25, 0.3) is 10.9 Å². The lowest BCUT2D eigenvalue weighted by molar-refractivity contribution is 1.09. The van der Waals surface area contributed by atoms with Crippen LogP contribution in [0, 0.1) is 3.70 Å². The fraction of sp³-hybridized carbons (Fsp3) is 0.0714. The van der Waals surface area contributed by atoms with Gasteiger partial charge >= 0.3 is 0 Å². The van der Waals surface area contributed by atoms with E-state index in [0.717, 1.165) is 15.6 Å². The van der Waals surface area contributed by atoms with Gasteiger partial charge in [-0.05, 0) is 46.2 Å². The highest BCUT2D eigenvalue weighted by Gasteiger charge is 2.07. The van der Waals surface area contributed by atoms with Crippen molar-refractivity contribution in [2.45, 2.75) is 6.42 Å². The summed E-state index contributed by atoms with van der Waals surface area (Å²) < 4.78 is 1.11. The monoisotopic (exact) mass is 334 g/mol. The second kappa shape index (κ2) is 4.49. The number of fused-ring (bicyclic) bond motifs is 1. The summed E-state index contributed by atoms with van der Waals surface area (Å²) >= 11 is 2.30. The number of aromatic amines is 1. The summed E-state index contributed by atoms with van der Waals surface area (Å²) in [6.45, 7) is 0. The van der Waals surface area contributed by atoms with Crippen molar-refractivity contribution in [3.63, 3.8) is 0 Å². The Morgan fingerprint density at radius 1 is 1.00 bits per heavy atom. The van der Waals surface area contributed by atoms with E-state index in [4.69, 9.17) is 0 Å². The molecule has 1 heterocycles. The SMILES string of the molecule is Ic1[nH]nc2cccc(Cc3ccccc3)c12. The van der Waals surface area contributed by atoms with E-state index in [2.05, 4.69) is 69.2 Å². The summed E-state index contributed by atoms with van der Waals surface area (Å²) in [5.74, 6) is 0. The Kier molecular flexibility index (Phi) is 2.84. The van der Waals surface area contributed by atoms with E-state index >= 15 is 0 Å². The van der Waals surface area contributed by atoms with Crippen molar-refractivity contribution in [2.24, 2.45) is 0 Å². The molecule has 0 saturated heterocycles. The summed E-state index contributed by atoms with van der Waals surface area (Å²) in [7, 11) is 0. The highest BCUT2D eigenvalue weighted by Crippen LogP contribution is 2.24. The fourth-order valence-corrected chi connectivity index (χ4v) is 2.80. The average molecular weight is 334 g/mol. The molecule has 0 saturated carbocycles. The Balaban J connectivity index is 2.09. The topological polar surface area (TPSA) is 28.7 Å². The van der Waals surface area contributed by atoms with Gasteiger partial charge in [-0.3, -0.25) is 5.10 Å². The summed E-state index contributed by atoms with van der Waals surface area (Å²) in [4.78, 5) is 0. The van der Waals surface area contributed by atoms with Gasteiger partial charge in [-0.25, -0.2) is 0 Å². The summed E-state index contributed by atoms with van der Waals surface area (Å²) in [6, 6.07) is 16.8. The van der Waals surface area contributed by atoms with E-state index in [0.29, 0.717) is 0 Å². The molecule has 0 radical (unpaired) electrons. The predicted octanol–water partition coefficient (Wildman–Crippen LogP) is 3.76. The first-order chi connectivity index (χ1) is 8.34. The third-order valence-electron chi connectivity index (χ3n) is 2.86. The van der Waals surface area contributed by atoms with Crippen molar-refractivity contribution in [1.82, 2.24) is 10.2 Å². The van der Waals surface area contributed by atoms with Gasteiger partial charge in [0.1, 0.15) is 3.70 Å². The second-order valence-electron chi connectivity index (χ2n) is 4.01.